The number of ether oxygens (including phenoxy) is 1. The lowest BCUT2D eigenvalue weighted by Crippen LogP contribution is -2.42. The van der Waals surface area contributed by atoms with E-state index in [1.807, 2.05) is 0 Å². The first kappa shape index (κ1) is 27.1. The Morgan fingerprint density at radius 3 is 2.06 bits per heavy atom. The first-order valence-corrected chi connectivity index (χ1v) is 13.3. The van der Waals surface area contributed by atoms with E-state index in [0.29, 0.717) is 6.61 Å². The second-order valence-electron chi connectivity index (χ2n) is 11.0. The smallest absolute Gasteiger partial charge is 0.0720 e. The van der Waals surface area contributed by atoms with Crippen LogP contribution in [0.4, 0.5) is 0 Å². The second kappa shape index (κ2) is 12.4. The quantitative estimate of drug-likeness (QED) is 0.263. The molecule has 0 radical (unpaired) electrons. The molecular formula is C30H45BrO. The van der Waals surface area contributed by atoms with Gasteiger partial charge < -0.3 is 4.74 Å². The van der Waals surface area contributed by atoms with Crippen molar-refractivity contribution in [2.45, 2.75) is 106 Å². The van der Waals surface area contributed by atoms with E-state index in [2.05, 4.69) is 107 Å². The zero-order valence-electron chi connectivity index (χ0n) is 21.6. The van der Waals surface area contributed by atoms with Crippen molar-refractivity contribution in [2.24, 2.45) is 10.8 Å². The van der Waals surface area contributed by atoms with Gasteiger partial charge in [-0.2, -0.15) is 0 Å². The normalized spacial score (nSPS) is 13.4. The summed E-state index contributed by atoms with van der Waals surface area (Å²) in [7, 11) is 0. The van der Waals surface area contributed by atoms with Crippen LogP contribution in [-0.2, 0) is 11.3 Å². The standard InChI is InChI=1S/C30H45BrO/c1-8-9-10-11-12-13-14-28(30(6,7)29(3,4)5)32-22-24-15-17-25(18-16-24)27-20-19-26(31)21-23(27)2/h15-21,28H,8-14,22H2,1-7H3. The van der Waals surface area contributed by atoms with Crippen molar-refractivity contribution in [3.05, 3.63) is 58.1 Å². The van der Waals surface area contributed by atoms with Crippen molar-refractivity contribution < 1.29 is 4.74 Å². The van der Waals surface area contributed by atoms with E-state index in [-0.39, 0.29) is 16.9 Å². The zero-order valence-corrected chi connectivity index (χ0v) is 23.1. The Morgan fingerprint density at radius 1 is 0.844 bits per heavy atom. The van der Waals surface area contributed by atoms with Gasteiger partial charge in [0, 0.05) is 4.47 Å². The highest BCUT2D eigenvalue weighted by molar-refractivity contribution is 9.10. The molecule has 1 nitrogen and oxygen atoms in total. The Hall–Kier alpha value is -1.12. The lowest BCUT2D eigenvalue weighted by Gasteiger charge is -2.45. The fourth-order valence-corrected chi connectivity index (χ4v) is 4.65. The van der Waals surface area contributed by atoms with Gasteiger partial charge in [-0.25, -0.2) is 0 Å². The van der Waals surface area contributed by atoms with Crippen molar-refractivity contribution >= 4 is 15.9 Å². The van der Waals surface area contributed by atoms with Crippen LogP contribution in [0.3, 0.4) is 0 Å². The minimum atomic E-state index is 0.116. The van der Waals surface area contributed by atoms with Crippen molar-refractivity contribution in [1.82, 2.24) is 0 Å². The molecule has 0 bridgehead atoms. The van der Waals surface area contributed by atoms with Crippen LogP contribution >= 0.6 is 15.9 Å². The molecular weight excluding hydrogens is 456 g/mol. The van der Waals surface area contributed by atoms with Crippen LogP contribution in [0.15, 0.2) is 46.9 Å². The SMILES string of the molecule is CCCCCCCCC(OCc1ccc(-c2ccc(Br)cc2C)cc1)C(C)(C)C(C)(C)C. The lowest BCUT2D eigenvalue weighted by molar-refractivity contribution is -0.0879. The Balaban J connectivity index is 2.02. The first-order valence-electron chi connectivity index (χ1n) is 12.5. The van der Waals surface area contributed by atoms with Crippen LogP contribution in [0.5, 0.6) is 0 Å². The van der Waals surface area contributed by atoms with E-state index >= 15 is 0 Å². The average Bonchev–Trinajstić information content (AvgIpc) is 2.72. The number of benzene rings is 2. The van der Waals surface area contributed by atoms with Crippen LogP contribution in [0, 0.1) is 17.8 Å². The van der Waals surface area contributed by atoms with Crippen LogP contribution < -0.4 is 0 Å². The summed E-state index contributed by atoms with van der Waals surface area (Å²) in [6.45, 7) is 16.9. The zero-order chi connectivity index (χ0) is 23.8. The maximum absolute atomic E-state index is 6.63. The van der Waals surface area contributed by atoms with Gasteiger partial charge in [-0.15, -0.1) is 0 Å². The molecule has 2 heteroatoms. The molecule has 0 spiro atoms. The molecule has 0 fully saturated rings. The highest BCUT2D eigenvalue weighted by Gasteiger charge is 2.40. The Morgan fingerprint density at radius 2 is 1.47 bits per heavy atom. The topological polar surface area (TPSA) is 9.23 Å². The summed E-state index contributed by atoms with van der Waals surface area (Å²) in [5.74, 6) is 0. The van der Waals surface area contributed by atoms with Crippen LogP contribution in [0.25, 0.3) is 11.1 Å². The van der Waals surface area contributed by atoms with Crippen molar-refractivity contribution in [1.29, 1.82) is 0 Å². The minimum absolute atomic E-state index is 0.116. The van der Waals surface area contributed by atoms with Crippen molar-refractivity contribution in [3.63, 3.8) is 0 Å². The predicted molar refractivity (Wildman–Crippen MR) is 144 cm³/mol. The van der Waals surface area contributed by atoms with Crippen LogP contribution in [-0.4, -0.2) is 6.10 Å². The van der Waals surface area contributed by atoms with E-state index < -0.39 is 0 Å². The molecule has 1 atom stereocenters. The van der Waals surface area contributed by atoms with Crippen LogP contribution in [0.2, 0.25) is 0 Å². The van der Waals surface area contributed by atoms with E-state index in [0.717, 1.165) is 10.9 Å². The number of hydrogen-bond donors (Lipinski definition) is 0. The number of hydrogen-bond acceptors (Lipinski definition) is 1. The number of aryl methyl sites for hydroxylation is 1. The fraction of sp³-hybridized carbons (Fsp3) is 0.600. The Kier molecular flexibility index (Phi) is 10.5. The lowest BCUT2D eigenvalue weighted by atomic mass is 9.65. The molecule has 0 N–H and O–H groups in total. The summed E-state index contributed by atoms with van der Waals surface area (Å²) in [5.41, 5.74) is 5.40. The molecule has 1 unspecified atom stereocenters. The largest absolute Gasteiger partial charge is 0.373 e. The molecule has 178 valence electrons. The van der Waals surface area contributed by atoms with Gasteiger partial charge in [-0.3, -0.25) is 0 Å². The molecule has 2 aromatic carbocycles. The molecule has 0 aromatic heterocycles. The third-order valence-corrected chi connectivity index (χ3v) is 7.96. The van der Waals surface area contributed by atoms with E-state index in [9.17, 15) is 0 Å². The second-order valence-corrected chi connectivity index (χ2v) is 11.9. The molecule has 0 saturated heterocycles. The first-order chi connectivity index (χ1) is 15.1. The maximum Gasteiger partial charge on any atom is 0.0720 e. The summed E-state index contributed by atoms with van der Waals surface area (Å²) < 4.78 is 7.75. The van der Waals surface area contributed by atoms with E-state index in [4.69, 9.17) is 4.74 Å². The Bertz CT molecular complexity index is 814. The third-order valence-electron chi connectivity index (χ3n) is 7.46. The number of rotatable bonds is 12. The Labute approximate surface area is 206 Å². The molecule has 0 aliphatic carbocycles. The highest BCUT2D eigenvalue weighted by Crippen LogP contribution is 2.44. The maximum atomic E-state index is 6.63. The molecule has 0 aliphatic heterocycles. The van der Waals surface area contributed by atoms with Crippen molar-refractivity contribution in [3.8, 4) is 11.1 Å². The molecule has 0 saturated carbocycles. The molecule has 0 heterocycles. The summed E-state index contributed by atoms with van der Waals surface area (Å²) >= 11 is 3.56. The van der Waals surface area contributed by atoms with Gasteiger partial charge in [-0.1, -0.05) is 126 Å². The van der Waals surface area contributed by atoms with Gasteiger partial charge in [0.05, 0.1) is 12.7 Å². The van der Waals surface area contributed by atoms with Gasteiger partial charge in [-0.05, 0) is 58.6 Å². The summed E-state index contributed by atoms with van der Waals surface area (Å²) in [6.07, 6.45) is 9.39. The highest BCUT2D eigenvalue weighted by atomic mass is 79.9. The molecule has 2 aromatic rings. The molecule has 2 rings (SSSR count). The third kappa shape index (κ3) is 7.73. The minimum Gasteiger partial charge on any atom is -0.373 e. The summed E-state index contributed by atoms with van der Waals surface area (Å²) in [5, 5.41) is 0. The van der Waals surface area contributed by atoms with Crippen LogP contribution in [0.1, 0.15) is 97.6 Å². The number of unbranched alkanes of at least 4 members (excludes halogenated alkanes) is 5. The monoisotopic (exact) mass is 500 g/mol. The fourth-order valence-electron chi connectivity index (χ4n) is 4.17. The van der Waals surface area contributed by atoms with Gasteiger partial charge in [0.25, 0.3) is 0 Å². The van der Waals surface area contributed by atoms with E-state index in [1.54, 1.807) is 0 Å². The summed E-state index contributed by atoms with van der Waals surface area (Å²) in [4.78, 5) is 0. The van der Waals surface area contributed by atoms with Gasteiger partial charge in [0.1, 0.15) is 0 Å². The number of halogens is 1. The summed E-state index contributed by atoms with van der Waals surface area (Å²) in [6, 6.07) is 15.4. The van der Waals surface area contributed by atoms with Gasteiger partial charge in [0.15, 0.2) is 0 Å². The molecule has 0 amide bonds. The predicted octanol–water partition coefficient (Wildman–Crippen LogP) is 10.1. The molecule has 0 aliphatic rings. The van der Waals surface area contributed by atoms with Gasteiger partial charge in [0.2, 0.25) is 0 Å². The molecule has 32 heavy (non-hydrogen) atoms. The van der Waals surface area contributed by atoms with E-state index in [1.165, 1.54) is 60.8 Å². The average molecular weight is 502 g/mol. The van der Waals surface area contributed by atoms with Crippen molar-refractivity contribution in [2.75, 3.05) is 0 Å². The van der Waals surface area contributed by atoms with Gasteiger partial charge >= 0.3 is 0 Å².